The summed E-state index contributed by atoms with van der Waals surface area (Å²) < 4.78 is 4.39. The van der Waals surface area contributed by atoms with Gasteiger partial charge in [-0.1, -0.05) is 78.9 Å². The third-order valence-electron chi connectivity index (χ3n) is 10.7. The summed E-state index contributed by atoms with van der Waals surface area (Å²) in [7, 11) is 0. The summed E-state index contributed by atoms with van der Waals surface area (Å²) in [6, 6.07) is 33.6. The second-order valence-electron chi connectivity index (χ2n) is 14.6. The Kier molecular flexibility index (Phi) is 13.1. The molecule has 8 aromatic rings. The van der Waals surface area contributed by atoms with Crippen molar-refractivity contribution < 1.29 is 4.79 Å². The third kappa shape index (κ3) is 9.44. The van der Waals surface area contributed by atoms with E-state index in [-0.39, 0.29) is 29.9 Å². The monoisotopic (exact) mass is 934 g/mol. The van der Waals surface area contributed by atoms with E-state index in [1.54, 1.807) is 22.7 Å². The van der Waals surface area contributed by atoms with Gasteiger partial charge in [0.25, 0.3) is 5.91 Å². The van der Waals surface area contributed by atoms with E-state index in [2.05, 4.69) is 57.7 Å². The van der Waals surface area contributed by atoms with Gasteiger partial charge < -0.3 is 21.7 Å². The van der Waals surface area contributed by atoms with Crippen LogP contribution in [0.4, 0.5) is 11.4 Å². The van der Waals surface area contributed by atoms with Gasteiger partial charge in [-0.25, -0.2) is 9.97 Å². The largest absolute Gasteiger partial charge is 0.398 e. The van der Waals surface area contributed by atoms with Gasteiger partial charge in [0, 0.05) is 122 Å². The van der Waals surface area contributed by atoms with Gasteiger partial charge >= 0.3 is 0 Å². The maximum atomic E-state index is 13.2. The number of piperazine rings is 2. The number of thiazole rings is 2. The number of hydrogen-bond donors (Lipinski definition) is 4. The van der Waals surface area contributed by atoms with Crippen LogP contribution in [0.2, 0.25) is 0 Å². The number of imidazole rings is 2. The molecule has 302 valence electrons. The van der Waals surface area contributed by atoms with E-state index in [4.69, 9.17) is 15.7 Å². The van der Waals surface area contributed by atoms with E-state index in [1.165, 1.54) is 11.4 Å². The fourth-order valence-electron chi connectivity index (χ4n) is 7.55. The normalized spacial score (nSPS) is 14.8. The van der Waals surface area contributed by atoms with Gasteiger partial charge in [0.2, 0.25) is 0 Å². The third-order valence-corrected chi connectivity index (χ3v) is 12.5. The van der Waals surface area contributed by atoms with Crippen LogP contribution in [-0.2, 0) is 13.1 Å². The van der Waals surface area contributed by atoms with E-state index in [0.29, 0.717) is 5.56 Å². The van der Waals surface area contributed by atoms with Crippen LogP contribution in [0.25, 0.3) is 43.6 Å². The molecule has 14 heteroatoms. The molecule has 0 atom stereocenters. The first-order valence-corrected chi connectivity index (χ1v) is 21.5. The van der Waals surface area contributed by atoms with Crippen molar-refractivity contribution in [2.45, 2.75) is 13.1 Å². The molecular weight excluding hydrogens is 888 g/mol. The van der Waals surface area contributed by atoms with E-state index in [1.807, 2.05) is 103 Å². The van der Waals surface area contributed by atoms with Gasteiger partial charge in [0.05, 0.1) is 17.1 Å². The van der Waals surface area contributed by atoms with Crippen LogP contribution in [0.5, 0.6) is 0 Å². The van der Waals surface area contributed by atoms with Crippen molar-refractivity contribution in [2.75, 3.05) is 63.4 Å². The Hall–Kier alpha value is -4.94. The maximum Gasteiger partial charge on any atom is 0.255 e. The SMILES string of the molecule is I.Nc1ccccc1-c1cn2c(CN3CCNCC3)csc2n1.O=C(Nc1ccccc1-c1cn2c(CN3CCNCC3)csc2n1)c1cccc(-c2ccccc2)c1. The molecule has 0 radical (unpaired) electrons. The second kappa shape index (κ2) is 19.0. The summed E-state index contributed by atoms with van der Waals surface area (Å²) in [5, 5.41) is 14.3. The Balaban J connectivity index is 0.000000180. The molecule has 11 nitrogen and oxygen atoms in total. The van der Waals surface area contributed by atoms with Crippen molar-refractivity contribution in [3.8, 4) is 33.6 Å². The summed E-state index contributed by atoms with van der Waals surface area (Å²) in [6.45, 7) is 10.4. The maximum absolute atomic E-state index is 13.2. The fraction of sp³-hybridized carbons (Fsp3) is 0.222. The number of fused-ring (bicyclic) bond motifs is 2. The van der Waals surface area contributed by atoms with Gasteiger partial charge in [-0.15, -0.1) is 46.7 Å². The van der Waals surface area contributed by atoms with Gasteiger partial charge in [-0.2, -0.15) is 0 Å². The highest BCUT2D eigenvalue weighted by Crippen LogP contribution is 2.31. The number of nitrogens with two attached hydrogens (primary N) is 1. The molecule has 0 aliphatic carbocycles. The van der Waals surface area contributed by atoms with E-state index < -0.39 is 0 Å². The number of benzene rings is 4. The molecule has 2 saturated heterocycles. The van der Waals surface area contributed by atoms with Crippen LogP contribution in [0.15, 0.2) is 126 Å². The van der Waals surface area contributed by atoms with Crippen LogP contribution >= 0.6 is 46.7 Å². The number of amides is 1. The number of carbonyl (C=O) groups excluding carboxylic acids is 1. The summed E-state index contributed by atoms with van der Waals surface area (Å²) >= 11 is 3.35. The number of carbonyl (C=O) groups is 1. The first-order valence-electron chi connectivity index (χ1n) is 19.7. The Labute approximate surface area is 368 Å². The smallest absolute Gasteiger partial charge is 0.255 e. The van der Waals surface area contributed by atoms with Gasteiger partial charge in [-0.3, -0.25) is 23.4 Å². The predicted molar refractivity (Wildman–Crippen MR) is 253 cm³/mol. The minimum atomic E-state index is -0.138. The van der Waals surface area contributed by atoms with E-state index >= 15 is 0 Å². The molecule has 2 aliphatic rings. The number of aromatic nitrogens is 4. The first kappa shape index (κ1) is 40.8. The summed E-state index contributed by atoms with van der Waals surface area (Å²) in [4.78, 5) is 29.8. The highest BCUT2D eigenvalue weighted by Gasteiger charge is 2.18. The number of para-hydroxylation sites is 2. The number of nitrogens with zero attached hydrogens (tertiary/aromatic N) is 6. The molecule has 4 aromatic heterocycles. The molecule has 2 fully saturated rings. The number of anilines is 2. The number of halogens is 1. The van der Waals surface area contributed by atoms with Crippen molar-refractivity contribution in [1.82, 2.24) is 39.2 Å². The molecule has 4 aromatic carbocycles. The van der Waals surface area contributed by atoms with Crippen molar-refractivity contribution in [3.05, 3.63) is 143 Å². The molecule has 0 saturated carbocycles. The average Bonchev–Trinajstić information content (AvgIpc) is 4.06. The lowest BCUT2D eigenvalue weighted by atomic mass is 10.0. The average molecular weight is 935 g/mol. The molecule has 2 aliphatic heterocycles. The Morgan fingerprint density at radius 1 is 0.644 bits per heavy atom. The van der Waals surface area contributed by atoms with Crippen LogP contribution in [-0.4, -0.2) is 86.8 Å². The molecule has 5 N–H and O–H groups in total. The summed E-state index contributed by atoms with van der Waals surface area (Å²) in [5.41, 5.74) is 16.6. The molecule has 0 unspecified atom stereocenters. The number of nitrogens with one attached hydrogen (secondary N) is 3. The van der Waals surface area contributed by atoms with E-state index in [9.17, 15) is 4.79 Å². The van der Waals surface area contributed by atoms with Gasteiger partial charge in [-0.05, 0) is 35.4 Å². The Bertz CT molecular complexity index is 2640. The molecule has 0 bridgehead atoms. The van der Waals surface area contributed by atoms with Crippen molar-refractivity contribution in [3.63, 3.8) is 0 Å². The molecule has 10 rings (SSSR count). The lowest BCUT2D eigenvalue weighted by molar-refractivity contribution is 0.102. The molecule has 59 heavy (non-hydrogen) atoms. The van der Waals surface area contributed by atoms with Gasteiger partial charge in [0.1, 0.15) is 0 Å². The van der Waals surface area contributed by atoms with Gasteiger partial charge in [0.15, 0.2) is 9.92 Å². The topological polar surface area (TPSA) is 120 Å². The first-order chi connectivity index (χ1) is 28.6. The van der Waals surface area contributed by atoms with Crippen molar-refractivity contribution in [1.29, 1.82) is 0 Å². The van der Waals surface area contributed by atoms with E-state index in [0.717, 1.165) is 120 Å². The van der Waals surface area contributed by atoms with Crippen molar-refractivity contribution in [2.24, 2.45) is 0 Å². The number of hydrogen-bond acceptors (Lipinski definition) is 10. The predicted octanol–water partition coefficient (Wildman–Crippen LogP) is 8.06. The van der Waals surface area contributed by atoms with Crippen LogP contribution in [0, 0.1) is 0 Å². The highest BCUT2D eigenvalue weighted by molar-refractivity contribution is 14.0. The minimum Gasteiger partial charge on any atom is -0.398 e. The second-order valence-corrected chi connectivity index (χ2v) is 16.3. The summed E-state index contributed by atoms with van der Waals surface area (Å²) in [5.74, 6) is -0.138. The zero-order valence-corrected chi connectivity index (χ0v) is 36.6. The lowest BCUT2D eigenvalue weighted by Crippen LogP contribution is -2.43. The fourth-order valence-corrected chi connectivity index (χ4v) is 9.28. The lowest BCUT2D eigenvalue weighted by Gasteiger charge is -2.26. The Morgan fingerprint density at radius 2 is 1.17 bits per heavy atom. The Morgan fingerprint density at radius 3 is 1.78 bits per heavy atom. The highest BCUT2D eigenvalue weighted by atomic mass is 127. The molecular formula is C45H47IN10OS2. The van der Waals surface area contributed by atoms with Crippen LogP contribution < -0.4 is 21.7 Å². The molecule has 6 heterocycles. The number of nitrogen functional groups attached to an aromatic ring is 1. The van der Waals surface area contributed by atoms with Crippen molar-refractivity contribution >= 4 is 73.9 Å². The molecule has 0 spiro atoms. The summed E-state index contributed by atoms with van der Waals surface area (Å²) in [6.07, 6.45) is 4.19. The zero-order valence-electron chi connectivity index (χ0n) is 32.6. The quantitative estimate of drug-likeness (QED) is 0.0849. The van der Waals surface area contributed by atoms with Crippen LogP contribution in [0.3, 0.4) is 0 Å². The molecule has 1 amide bonds. The number of rotatable bonds is 9. The van der Waals surface area contributed by atoms with Crippen LogP contribution in [0.1, 0.15) is 21.7 Å². The minimum absolute atomic E-state index is 0. The standard InChI is InChI=1S/C29H27N5OS.C16H19N5S.HI/c35-28(23-10-6-9-22(17-23)21-7-2-1-3-8-21)31-26-12-5-4-11-25(26)27-19-34-24(20-36-29(34)32-27)18-33-15-13-30-14-16-33;17-14-4-2-1-3-13(14)15-10-21-12(11-22-16(21)19-15)9-20-7-5-18-6-8-20;/h1-12,17,19-20,30H,13-16,18H2,(H,31,35);1-4,10-11,18H,5-9,17H2;1H. The zero-order chi connectivity index (χ0) is 39.3.